The Morgan fingerprint density at radius 1 is 1.27 bits per heavy atom. The van der Waals surface area contributed by atoms with Crippen LogP contribution < -0.4 is 0 Å². The molecule has 0 spiro atoms. The van der Waals surface area contributed by atoms with Gasteiger partial charge in [-0.2, -0.15) is 0 Å². The number of piperidine rings is 1. The van der Waals surface area contributed by atoms with Gasteiger partial charge in [0.25, 0.3) is 0 Å². The summed E-state index contributed by atoms with van der Waals surface area (Å²) in [6.07, 6.45) is 4.67. The number of aryl methyl sites for hydroxylation is 2. The first kappa shape index (κ1) is 17.8. The standard InChI is InChI=1S/C20H28N4OS/c1-15-4-5-18(25-15)13-23-8-6-17(7-9-23)12-22(3)14-19-16(2)21-20-24(19)10-11-26-20/h4-5,10-11,17H,6-9,12-14H2,1-3H3. The summed E-state index contributed by atoms with van der Waals surface area (Å²) in [4.78, 5) is 10.7. The predicted molar refractivity (Wildman–Crippen MR) is 106 cm³/mol. The normalized spacial score (nSPS) is 16.9. The molecule has 0 unspecified atom stereocenters. The summed E-state index contributed by atoms with van der Waals surface area (Å²) in [5.41, 5.74) is 2.49. The van der Waals surface area contributed by atoms with Gasteiger partial charge in [-0.15, -0.1) is 11.3 Å². The number of likely N-dealkylation sites (tertiary alicyclic amines) is 1. The fraction of sp³-hybridized carbons (Fsp3) is 0.550. The Kier molecular flexibility index (Phi) is 5.16. The molecule has 26 heavy (non-hydrogen) atoms. The van der Waals surface area contributed by atoms with Gasteiger partial charge in [0.2, 0.25) is 0 Å². The molecule has 1 aliphatic rings. The molecule has 5 nitrogen and oxygen atoms in total. The summed E-state index contributed by atoms with van der Waals surface area (Å²) < 4.78 is 7.96. The highest BCUT2D eigenvalue weighted by atomic mass is 32.1. The monoisotopic (exact) mass is 372 g/mol. The molecule has 140 valence electrons. The second-order valence-corrected chi connectivity index (χ2v) is 8.50. The van der Waals surface area contributed by atoms with Crippen LogP contribution in [0.25, 0.3) is 4.96 Å². The molecule has 1 fully saturated rings. The zero-order valence-corrected chi connectivity index (χ0v) is 16.8. The maximum absolute atomic E-state index is 5.72. The van der Waals surface area contributed by atoms with Crippen molar-refractivity contribution >= 4 is 16.3 Å². The van der Waals surface area contributed by atoms with E-state index in [1.165, 1.54) is 31.6 Å². The molecule has 0 radical (unpaired) electrons. The molecule has 3 aromatic rings. The third-order valence-corrected chi connectivity index (χ3v) is 6.19. The van der Waals surface area contributed by atoms with Crippen LogP contribution in [-0.2, 0) is 13.1 Å². The number of hydrogen-bond acceptors (Lipinski definition) is 5. The van der Waals surface area contributed by atoms with Gasteiger partial charge in [0.1, 0.15) is 11.5 Å². The SMILES string of the molecule is Cc1ccc(CN2CCC(CN(C)Cc3c(C)nc4sccn34)CC2)o1. The van der Waals surface area contributed by atoms with Crippen LogP contribution >= 0.6 is 11.3 Å². The second kappa shape index (κ2) is 7.55. The van der Waals surface area contributed by atoms with Crippen LogP contribution in [0.5, 0.6) is 0 Å². The van der Waals surface area contributed by atoms with Gasteiger partial charge in [0.05, 0.1) is 17.9 Å². The van der Waals surface area contributed by atoms with E-state index in [-0.39, 0.29) is 0 Å². The van der Waals surface area contributed by atoms with Gasteiger partial charge in [-0.25, -0.2) is 4.98 Å². The van der Waals surface area contributed by atoms with Crippen LogP contribution in [-0.4, -0.2) is 45.9 Å². The van der Waals surface area contributed by atoms with Crippen molar-refractivity contribution in [2.24, 2.45) is 5.92 Å². The van der Waals surface area contributed by atoms with Gasteiger partial charge in [-0.05, 0) is 64.9 Å². The summed E-state index contributed by atoms with van der Waals surface area (Å²) in [6, 6.07) is 4.16. The van der Waals surface area contributed by atoms with Crippen molar-refractivity contribution in [1.82, 2.24) is 19.2 Å². The Hall–Kier alpha value is -1.63. The van der Waals surface area contributed by atoms with Crippen LogP contribution in [0.1, 0.15) is 35.7 Å². The third-order valence-electron chi connectivity index (χ3n) is 5.43. The molecule has 0 saturated carbocycles. The molecule has 4 rings (SSSR count). The van der Waals surface area contributed by atoms with Crippen molar-refractivity contribution in [3.63, 3.8) is 0 Å². The third kappa shape index (κ3) is 3.87. The van der Waals surface area contributed by atoms with Crippen molar-refractivity contribution in [3.8, 4) is 0 Å². The molecule has 1 aliphatic heterocycles. The van der Waals surface area contributed by atoms with E-state index in [0.29, 0.717) is 0 Å². The van der Waals surface area contributed by atoms with Crippen LogP contribution in [0.3, 0.4) is 0 Å². The van der Waals surface area contributed by atoms with E-state index in [9.17, 15) is 0 Å². The summed E-state index contributed by atoms with van der Waals surface area (Å²) in [7, 11) is 2.24. The van der Waals surface area contributed by atoms with Crippen molar-refractivity contribution < 1.29 is 4.42 Å². The maximum Gasteiger partial charge on any atom is 0.194 e. The van der Waals surface area contributed by atoms with E-state index < -0.39 is 0 Å². The molecule has 3 aromatic heterocycles. The van der Waals surface area contributed by atoms with Crippen molar-refractivity contribution in [1.29, 1.82) is 0 Å². The fourth-order valence-corrected chi connectivity index (χ4v) is 4.79. The van der Waals surface area contributed by atoms with Crippen molar-refractivity contribution in [3.05, 3.63) is 46.6 Å². The van der Waals surface area contributed by atoms with Gasteiger partial charge in [0.15, 0.2) is 4.96 Å². The van der Waals surface area contributed by atoms with E-state index in [1.807, 2.05) is 6.92 Å². The van der Waals surface area contributed by atoms with Crippen LogP contribution in [0.2, 0.25) is 0 Å². The predicted octanol–water partition coefficient (Wildman–Crippen LogP) is 3.95. The number of nitrogens with zero attached hydrogens (tertiary/aromatic N) is 4. The lowest BCUT2D eigenvalue weighted by Crippen LogP contribution is -2.37. The minimum Gasteiger partial charge on any atom is -0.465 e. The van der Waals surface area contributed by atoms with Crippen LogP contribution in [0.4, 0.5) is 0 Å². The molecule has 0 aliphatic carbocycles. The first-order chi connectivity index (χ1) is 12.6. The van der Waals surface area contributed by atoms with E-state index in [4.69, 9.17) is 4.42 Å². The van der Waals surface area contributed by atoms with Gasteiger partial charge in [0, 0.05) is 24.7 Å². The molecular weight excluding hydrogens is 344 g/mol. The number of imidazole rings is 1. The molecule has 0 amide bonds. The second-order valence-electron chi connectivity index (χ2n) is 7.63. The molecular formula is C20H28N4OS. The smallest absolute Gasteiger partial charge is 0.194 e. The molecule has 0 N–H and O–H groups in total. The summed E-state index contributed by atoms with van der Waals surface area (Å²) >= 11 is 1.71. The van der Waals surface area contributed by atoms with E-state index >= 15 is 0 Å². The highest BCUT2D eigenvalue weighted by molar-refractivity contribution is 7.15. The van der Waals surface area contributed by atoms with Crippen LogP contribution in [0, 0.1) is 19.8 Å². The number of rotatable bonds is 6. The molecule has 4 heterocycles. The largest absolute Gasteiger partial charge is 0.465 e. The highest BCUT2D eigenvalue weighted by Gasteiger charge is 2.22. The minimum atomic E-state index is 0.779. The number of fused-ring (bicyclic) bond motifs is 1. The Morgan fingerprint density at radius 3 is 2.81 bits per heavy atom. The average Bonchev–Trinajstić information content (AvgIpc) is 3.29. The molecule has 0 bridgehead atoms. The van der Waals surface area contributed by atoms with E-state index in [0.717, 1.165) is 47.7 Å². The molecule has 0 aromatic carbocycles. The molecule has 1 saturated heterocycles. The number of furan rings is 1. The highest BCUT2D eigenvalue weighted by Crippen LogP contribution is 2.22. The summed E-state index contributed by atoms with van der Waals surface area (Å²) in [5.74, 6) is 2.88. The van der Waals surface area contributed by atoms with Gasteiger partial charge >= 0.3 is 0 Å². The lowest BCUT2D eigenvalue weighted by molar-refractivity contribution is 0.139. The number of thiazole rings is 1. The molecule has 0 atom stereocenters. The number of aromatic nitrogens is 2. The zero-order valence-electron chi connectivity index (χ0n) is 15.9. The van der Waals surface area contributed by atoms with Gasteiger partial charge in [-0.1, -0.05) is 0 Å². The van der Waals surface area contributed by atoms with Crippen molar-refractivity contribution in [2.45, 2.75) is 39.8 Å². The Morgan fingerprint density at radius 2 is 2.08 bits per heavy atom. The number of hydrogen-bond donors (Lipinski definition) is 0. The van der Waals surface area contributed by atoms with E-state index in [1.54, 1.807) is 11.3 Å². The van der Waals surface area contributed by atoms with Crippen LogP contribution in [0.15, 0.2) is 28.1 Å². The lowest BCUT2D eigenvalue weighted by Gasteiger charge is -2.33. The summed E-state index contributed by atoms with van der Waals surface area (Å²) in [6.45, 7) is 9.54. The zero-order chi connectivity index (χ0) is 18.1. The first-order valence-electron chi connectivity index (χ1n) is 9.45. The quantitative estimate of drug-likeness (QED) is 0.656. The first-order valence-corrected chi connectivity index (χ1v) is 10.3. The van der Waals surface area contributed by atoms with Gasteiger partial charge in [-0.3, -0.25) is 9.30 Å². The Labute approximate surface area is 159 Å². The van der Waals surface area contributed by atoms with Crippen molar-refractivity contribution in [2.75, 3.05) is 26.7 Å². The minimum absolute atomic E-state index is 0.779. The Balaban J connectivity index is 1.27. The Bertz CT molecular complexity index is 856. The maximum atomic E-state index is 5.72. The molecule has 6 heteroatoms. The topological polar surface area (TPSA) is 36.9 Å². The average molecular weight is 373 g/mol. The van der Waals surface area contributed by atoms with E-state index in [2.05, 4.69) is 56.9 Å². The van der Waals surface area contributed by atoms with Gasteiger partial charge < -0.3 is 9.32 Å². The summed E-state index contributed by atoms with van der Waals surface area (Å²) in [5, 5.41) is 2.11. The fourth-order valence-electron chi connectivity index (χ4n) is 4.01. The lowest BCUT2D eigenvalue weighted by atomic mass is 9.96.